The number of nitrogens with one attached hydrogen (secondary N) is 2. The van der Waals surface area contributed by atoms with Crippen molar-refractivity contribution in [1.82, 2.24) is 10.6 Å². The number of carbonyl (C=O) groups is 1. The summed E-state index contributed by atoms with van der Waals surface area (Å²) in [6.45, 7) is 4.72. The normalized spacial score (nSPS) is 22.1. The Morgan fingerprint density at radius 2 is 2.00 bits per heavy atom. The molecule has 2 rings (SSSR count). The Labute approximate surface area is 137 Å². The van der Waals surface area contributed by atoms with Crippen molar-refractivity contribution in [2.45, 2.75) is 51.7 Å². The lowest BCUT2D eigenvalue weighted by atomic mass is 9.96. The van der Waals surface area contributed by atoms with Crippen molar-refractivity contribution >= 4 is 6.03 Å². The molecule has 3 N–H and O–H groups in total. The van der Waals surface area contributed by atoms with Gasteiger partial charge in [0.05, 0.1) is 6.10 Å². The molecule has 23 heavy (non-hydrogen) atoms. The van der Waals surface area contributed by atoms with Gasteiger partial charge in [-0.25, -0.2) is 9.18 Å². The molecule has 0 radical (unpaired) electrons. The second kappa shape index (κ2) is 8.29. The van der Waals surface area contributed by atoms with Gasteiger partial charge in [-0.05, 0) is 55.2 Å². The number of aliphatic hydroxyl groups excluding tert-OH is 1. The molecule has 1 aliphatic carbocycles. The van der Waals surface area contributed by atoms with Crippen LogP contribution in [0, 0.1) is 17.7 Å². The number of rotatable bonds is 6. The number of carbonyl (C=O) groups excluding carboxylic acids is 1. The van der Waals surface area contributed by atoms with Crippen molar-refractivity contribution in [3.05, 3.63) is 35.6 Å². The van der Waals surface area contributed by atoms with E-state index in [2.05, 4.69) is 24.5 Å². The number of hydrogen-bond donors (Lipinski definition) is 3. The van der Waals surface area contributed by atoms with E-state index in [0.29, 0.717) is 18.9 Å². The number of urea groups is 1. The molecule has 0 bridgehead atoms. The maximum absolute atomic E-state index is 13.0. The van der Waals surface area contributed by atoms with Gasteiger partial charge in [-0.2, -0.15) is 0 Å². The SMILES string of the molecule is CC(C)[C@H](Cc1ccc(F)cc1)NC(=O)NC[C@H]1CC[C@H](O)C1. The summed E-state index contributed by atoms with van der Waals surface area (Å²) in [7, 11) is 0. The lowest BCUT2D eigenvalue weighted by Crippen LogP contribution is -2.46. The fourth-order valence-corrected chi connectivity index (χ4v) is 3.02. The Hall–Kier alpha value is -1.62. The predicted octanol–water partition coefficient (Wildman–Crippen LogP) is 2.85. The van der Waals surface area contributed by atoms with Gasteiger partial charge in [0.15, 0.2) is 0 Å². The quantitative estimate of drug-likeness (QED) is 0.754. The van der Waals surface area contributed by atoms with Crippen LogP contribution < -0.4 is 10.6 Å². The van der Waals surface area contributed by atoms with E-state index in [1.54, 1.807) is 12.1 Å². The molecule has 128 valence electrons. The molecule has 1 aliphatic rings. The van der Waals surface area contributed by atoms with E-state index >= 15 is 0 Å². The first-order valence-corrected chi connectivity index (χ1v) is 8.41. The van der Waals surface area contributed by atoms with Crippen LogP contribution in [0.4, 0.5) is 9.18 Å². The minimum absolute atomic E-state index is 0.00497. The summed E-state index contributed by atoms with van der Waals surface area (Å²) >= 11 is 0. The third kappa shape index (κ3) is 5.82. The van der Waals surface area contributed by atoms with Gasteiger partial charge in [0.25, 0.3) is 0 Å². The van der Waals surface area contributed by atoms with Gasteiger partial charge in [0.2, 0.25) is 0 Å². The summed E-state index contributed by atoms with van der Waals surface area (Å²) in [5, 5.41) is 15.4. The molecule has 3 atom stereocenters. The maximum atomic E-state index is 13.0. The average Bonchev–Trinajstić information content (AvgIpc) is 2.92. The minimum Gasteiger partial charge on any atom is -0.393 e. The van der Waals surface area contributed by atoms with E-state index in [-0.39, 0.29) is 29.9 Å². The van der Waals surface area contributed by atoms with Crippen LogP contribution in [0.25, 0.3) is 0 Å². The highest BCUT2D eigenvalue weighted by Crippen LogP contribution is 2.24. The van der Waals surface area contributed by atoms with Crippen LogP contribution in [0.5, 0.6) is 0 Å². The average molecular weight is 322 g/mol. The van der Waals surface area contributed by atoms with Crippen molar-refractivity contribution < 1.29 is 14.3 Å². The van der Waals surface area contributed by atoms with Crippen LogP contribution in [-0.2, 0) is 6.42 Å². The highest BCUT2D eigenvalue weighted by Gasteiger charge is 2.23. The van der Waals surface area contributed by atoms with E-state index in [0.717, 1.165) is 24.8 Å². The first kappa shape index (κ1) is 17.7. The van der Waals surface area contributed by atoms with Crippen LogP contribution in [0.2, 0.25) is 0 Å². The van der Waals surface area contributed by atoms with Gasteiger partial charge in [-0.1, -0.05) is 26.0 Å². The topological polar surface area (TPSA) is 61.4 Å². The number of amides is 2. The van der Waals surface area contributed by atoms with Crippen molar-refractivity contribution in [3.63, 3.8) is 0 Å². The van der Waals surface area contributed by atoms with E-state index in [1.807, 2.05) is 0 Å². The molecule has 5 heteroatoms. The zero-order chi connectivity index (χ0) is 16.8. The van der Waals surface area contributed by atoms with Gasteiger partial charge in [0, 0.05) is 12.6 Å². The molecule has 2 amide bonds. The second-order valence-electron chi connectivity index (χ2n) is 6.87. The molecule has 0 aromatic heterocycles. The van der Waals surface area contributed by atoms with Crippen molar-refractivity contribution in [1.29, 1.82) is 0 Å². The molecular formula is C18H27FN2O2. The molecule has 0 saturated heterocycles. The van der Waals surface area contributed by atoms with Gasteiger partial charge in [-0.3, -0.25) is 0 Å². The predicted molar refractivity (Wildman–Crippen MR) is 88.6 cm³/mol. The Morgan fingerprint density at radius 1 is 1.30 bits per heavy atom. The van der Waals surface area contributed by atoms with Crippen molar-refractivity contribution in [3.8, 4) is 0 Å². The second-order valence-corrected chi connectivity index (χ2v) is 6.87. The zero-order valence-electron chi connectivity index (χ0n) is 13.9. The third-order valence-corrected chi connectivity index (χ3v) is 4.55. The number of benzene rings is 1. The van der Waals surface area contributed by atoms with E-state index in [1.165, 1.54) is 12.1 Å². The smallest absolute Gasteiger partial charge is 0.315 e. The number of halogens is 1. The van der Waals surface area contributed by atoms with Gasteiger partial charge in [-0.15, -0.1) is 0 Å². The highest BCUT2D eigenvalue weighted by atomic mass is 19.1. The van der Waals surface area contributed by atoms with Crippen LogP contribution in [-0.4, -0.2) is 29.8 Å². The zero-order valence-corrected chi connectivity index (χ0v) is 13.9. The standard InChI is InChI=1S/C18H27FN2O2/c1-12(2)17(10-13-3-6-15(19)7-4-13)21-18(23)20-11-14-5-8-16(22)9-14/h3-4,6-7,12,14,16-17,22H,5,8-11H2,1-2H3,(H2,20,21,23)/t14-,16-,17-/m0/s1. The third-order valence-electron chi connectivity index (χ3n) is 4.55. The molecule has 0 aliphatic heterocycles. The first-order chi connectivity index (χ1) is 10.9. The van der Waals surface area contributed by atoms with E-state index in [9.17, 15) is 14.3 Å². The molecule has 4 nitrogen and oxygen atoms in total. The summed E-state index contributed by atoms with van der Waals surface area (Å²) in [5.41, 5.74) is 1.00. The fourth-order valence-electron chi connectivity index (χ4n) is 3.02. The lowest BCUT2D eigenvalue weighted by molar-refractivity contribution is 0.177. The fraction of sp³-hybridized carbons (Fsp3) is 0.611. The Morgan fingerprint density at radius 3 is 2.57 bits per heavy atom. The minimum atomic E-state index is -0.251. The molecule has 1 fully saturated rings. The molecule has 0 heterocycles. The van der Waals surface area contributed by atoms with Gasteiger partial charge >= 0.3 is 6.03 Å². The van der Waals surface area contributed by atoms with Crippen LogP contribution in [0.15, 0.2) is 24.3 Å². The molecule has 1 aromatic rings. The Bertz CT molecular complexity index is 504. The van der Waals surface area contributed by atoms with Crippen molar-refractivity contribution in [2.75, 3.05) is 6.54 Å². The van der Waals surface area contributed by atoms with E-state index < -0.39 is 0 Å². The molecule has 0 unspecified atom stereocenters. The van der Waals surface area contributed by atoms with Crippen LogP contribution in [0.1, 0.15) is 38.7 Å². The molecule has 1 aromatic carbocycles. The number of aliphatic hydroxyl groups is 1. The summed E-state index contributed by atoms with van der Waals surface area (Å²) < 4.78 is 13.0. The Balaban J connectivity index is 1.81. The Kier molecular flexibility index (Phi) is 6.39. The van der Waals surface area contributed by atoms with E-state index in [4.69, 9.17) is 0 Å². The van der Waals surface area contributed by atoms with Gasteiger partial charge < -0.3 is 15.7 Å². The molecule has 0 spiro atoms. The monoisotopic (exact) mass is 322 g/mol. The molecule has 1 saturated carbocycles. The van der Waals surface area contributed by atoms with Crippen molar-refractivity contribution in [2.24, 2.45) is 11.8 Å². The van der Waals surface area contributed by atoms with Crippen LogP contribution in [0.3, 0.4) is 0 Å². The summed E-state index contributed by atoms with van der Waals surface area (Å²) in [6.07, 6.45) is 3.01. The summed E-state index contributed by atoms with van der Waals surface area (Å²) in [6, 6.07) is 6.21. The lowest BCUT2D eigenvalue weighted by Gasteiger charge is -2.23. The number of hydrogen-bond acceptors (Lipinski definition) is 2. The summed E-state index contributed by atoms with van der Waals surface area (Å²) in [4.78, 5) is 12.1. The summed E-state index contributed by atoms with van der Waals surface area (Å²) in [5.74, 6) is 0.392. The maximum Gasteiger partial charge on any atom is 0.315 e. The highest BCUT2D eigenvalue weighted by molar-refractivity contribution is 5.74. The molecular weight excluding hydrogens is 295 g/mol. The van der Waals surface area contributed by atoms with Crippen LogP contribution >= 0.6 is 0 Å². The largest absolute Gasteiger partial charge is 0.393 e. The first-order valence-electron chi connectivity index (χ1n) is 8.41. The van der Waals surface area contributed by atoms with Gasteiger partial charge in [0.1, 0.15) is 5.82 Å².